The summed E-state index contributed by atoms with van der Waals surface area (Å²) in [5, 5.41) is -3.04. The Morgan fingerprint density at radius 1 is 1.00 bits per heavy atom. The molecule has 10 heteroatoms. The molecule has 3 atom stereocenters. The fraction of sp³-hybridized carbons (Fsp3) is 1.00. The second kappa shape index (κ2) is 5.71. The van der Waals surface area contributed by atoms with Gasteiger partial charge in [-0.2, -0.15) is 17.6 Å². The van der Waals surface area contributed by atoms with Gasteiger partial charge in [-0.05, 0) is 6.42 Å². The number of rotatable bonds is 5. The van der Waals surface area contributed by atoms with Crippen molar-refractivity contribution < 1.29 is 39.9 Å². The van der Waals surface area contributed by atoms with E-state index in [9.17, 15) is 26.3 Å². The van der Waals surface area contributed by atoms with E-state index in [-0.39, 0.29) is 6.42 Å². The fourth-order valence-electron chi connectivity index (χ4n) is 2.95. The van der Waals surface area contributed by atoms with Gasteiger partial charge in [0.05, 0.1) is 0 Å². The average Bonchev–Trinajstić information content (AvgIpc) is 2.44. The van der Waals surface area contributed by atoms with Crippen LogP contribution in [0, 0.1) is 0 Å². The van der Waals surface area contributed by atoms with E-state index in [0.717, 1.165) is 21.3 Å². The molecule has 126 valence electrons. The molecule has 0 aromatic carbocycles. The summed E-state index contributed by atoms with van der Waals surface area (Å²) < 4.78 is 98.3. The topological polar surface area (TPSA) is 27.7 Å². The minimum absolute atomic E-state index is 0.0371. The van der Waals surface area contributed by atoms with E-state index < -0.39 is 44.0 Å². The molecule has 1 rings (SSSR count). The molecular weight excluding hydrogens is 322 g/mol. The van der Waals surface area contributed by atoms with Crippen molar-refractivity contribution in [2.45, 2.75) is 48.8 Å². The van der Waals surface area contributed by atoms with Crippen LogP contribution in [-0.4, -0.2) is 58.9 Å². The largest absolute Gasteiger partial charge is 0.416 e. The minimum atomic E-state index is -5.23. The van der Waals surface area contributed by atoms with E-state index in [0.29, 0.717) is 0 Å². The number of hydrogen-bond acceptors (Lipinski definition) is 3. The van der Waals surface area contributed by atoms with Crippen molar-refractivity contribution in [3.63, 3.8) is 0 Å². The maximum absolute atomic E-state index is 14.4. The van der Waals surface area contributed by atoms with Crippen molar-refractivity contribution in [3.8, 4) is 0 Å². The van der Waals surface area contributed by atoms with Gasteiger partial charge in [0.1, 0.15) is 0 Å². The highest BCUT2D eigenvalue weighted by molar-refractivity contribution is 6.72. The van der Waals surface area contributed by atoms with E-state index >= 15 is 0 Å². The number of alkyl halides is 6. The zero-order valence-corrected chi connectivity index (χ0v) is 13.1. The molecule has 1 aliphatic heterocycles. The molecule has 1 fully saturated rings. The third-order valence-electron chi connectivity index (χ3n) is 4.01. The van der Waals surface area contributed by atoms with Crippen molar-refractivity contribution in [2.75, 3.05) is 21.3 Å². The Balaban J connectivity index is 3.69. The van der Waals surface area contributed by atoms with Gasteiger partial charge in [-0.15, -0.1) is 0 Å². The van der Waals surface area contributed by atoms with Crippen molar-refractivity contribution in [1.82, 2.24) is 0 Å². The molecule has 0 aliphatic carbocycles. The second-order valence-electron chi connectivity index (χ2n) is 4.86. The lowest BCUT2D eigenvalue weighted by Crippen LogP contribution is -2.86. The smallest absolute Gasteiger partial charge is 0.394 e. The van der Waals surface area contributed by atoms with Gasteiger partial charge in [-0.1, -0.05) is 13.3 Å². The molecule has 0 saturated carbocycles. The summed E-state index contributed by atoms with van der Waals surface area (Å²) in [7, 11) is -2.41. The van der Waals surface area contributed by atoms with Crippen LogP contribution in [0.5, 0.6) is 0 Å². The predicted molar refractivity (Wildman–Crippen MR) is 64.1 cm³/mol. The van der Waals surface area contributed by atoms with Gasteiger partial charge < -0.3 is 13.6 Å². The lowest BCUT2D eigenvalue weighted by Gasteiger charge is -2.55. The molecule has 1 saturated heterocycles. The summed E-state index contributed by atoms with van der Waals surface area (Å²) >= 11 is 0. The molecular formula is C11H18F6O3Si. The summed E-state index contributed by atoms with van der Waals surface area (Å²) in [4.78, 5) is 0. The number of hydrogen-bond donors (Lipinski definition) is 0. The normalized spacial score (nSPS) is 37.4. The predicted octanol–water partition coefficient (Wildman–Crippen LogP) is 2.95. The first-order valence-corrected chi connectivity index (χ1v) is 8.14. The van der Waals surface area contributed by atoms with Crippen LogP contribution in [0.2, 0.25) is 0 Å². The van der Waals surface area contributed by atoms with Crippen LogP contribution in [0.4, 0.5) is 26.3 Å². The molecule has 3 unspecified atom stereocenters. The van der Waals surface area contributed by atoms with Crippen LogP contribution < -0.4 is 0 Å². The molecule has 3 nitrogen and oxygen atoms in total. The molecule has 0 aromatic rings. The number of ether oxygens (including phenoxy) is 1. The van der Waals surface area contributed by atoms with Crippen LogP contribution in [0.1, 0.15) is 19.8 Å². The standard InChI is InChI=1S/C11H18F6O3Si/c1-5-6-9(18-2)11(16,17)10(14,15)7(12)8(13)21(9,19-3)20-4/h7-8H,5-6H2,1-4H3. The van der Waals surface area contributed by atoms with Gasteiger partial charge in [-0.3, -0.25) is 0 Å². The molecule has 1 heterocycles. The maximum Gasteiger partial charge on any atom is 0.416 e. The Kier molecular flexibility index (Phi) is 5.09. The Morgan fingerprint density at radius 2 is 1.48 bits per heavy atom. The summed E-state index contributed by atoms with van der Waals surface area (Å²) in [5.74, 6) is -13.2. The van der Waals surface area contributed by atoms with E-state index in [4.69, 9.17) is 8.85 Å². The Morgan fingerprint density at radius 3 is 1.81 bits per heavy atom. The van der Waals surface area contributed by atoms with E-state index in [1.54, 1.807) is 0 Å². The highest BCUT2D eigenvalue weighted by Gasteiger charge is 2.89. The Bertz CT molecular complexity index is 379. The molecule has 0 bridgehead atoms. The zero-order chi connectivity index (χ0) is 16.7. The zero-order valence-electron chi connectivity index (χ0n) is 12.1. The highest BCUT2D eigenvalue weighted by atomic mass is 28.4. The molecule has 1 aliphatic rings. The molecule has 0 N–H and O–H groups in total. The van der Waals surface area contributed by atoms with Crippen molar-refractivity contribution >= 4 is 8.56 Å². The van der Waals surface area contributed by atoms with Gasteiger partial charge >= 0.3 is 20.4 Å². The summed E-state index contributed by atoms with van der Waals surface area (Å²) in [5.41, 5.74) is 0. The lowest BCUT2D eigenvalue weighted by atomic mass is 9.96. The first-order chi connectivity index (χ1) is 9.56. The van der Waals surface area contributed by atoms with E-state index in [1.165, 1.54) is 6.92 Å². The summed E-state index contributed by atoms with van der Waals surface area (Å²) in [6.45, 7) is 1.42. The average molecular weight is 340 g/mol. The first kappa shape index (κ1) is 18.7. The second-order valence-corrected chi connectivity index (χ2v) is 8.37. The Labute approximate surface area is 119 Å². The third-order valence-corrected chi connectivity index (χ3v) is 8.14. The summed E-state index contributed by atoms with van der Waals surface area (Å²) in [6.07, 6.45) is -4.43. The lowest BCUT2D eigenvalue weighted by molar-refractivity contribution is -0.321. The van der Waals surface area contributed by atoms with Crippen LogP contribution in [0.25, 0.3) is 0 Å². The van der Waals surface area contributed by atoms with E-state index in [1.807, 2.05) is 0 Å². The van der Waals surface area contributed by atoms with Crippen molar-refractivity contribution in [3.05, 3.63) is 0 Å². The number of halogens is 6. The molecule has 0 amide bonds. The highest BCUT2D eigenvalue weighted by Crippen LogP contribution is 2.59. The molecule has 0 radical (unpaired) electrons. The van der Waals surface area contributed by atoms with Gasteiger partial charge in [-0.25, -0.2) is 8.78 Å². The maximum atomic E-state index is 14.4. The van der Waals surface area contributed by atoms with Crippen LogP contribution in [0.15, 0.2) is 0 Å². The fourth-order valence-corrected chi connectivity index (χ4v) is 6.76. The van der Waals surface area contributed by atoms with Crippen molar-refractivity contribution in [1.29, 1.82) is 0 Å². The van der Waals surface area contributed by atoms with Gasteiger partial charge in [0.15, 0.2) is 11.0 Å². The van der Waals surface area contributed by atoms with Crippen LogP contribution in [0.3, 0.4) is 0 Å². The quantitative estimate of drug-likeness (QED) is 0.569. The molecule has 21 heavy (non-hydrogen) atoms. The van der Waals surface area contributed by atoms with Gasteiger partial charge in [0.25, 0.3) is 0 Å². The van der Waals surface area contributed by atoms with Crippen LogP contribution in [-0.2, 0) is 13.6 Å². The monoisotopic (exact) mass is 340 g/mol. The number of methoxy groups -OCH3 is 1. The van der Waals surface area contributed by atoms with Crippen LogP contribution >= 0.6 is 0 Å². The van der Waals surface area contributed by atoms with Gasteiger partial charge in [0, 0.05) is 21.3 Å². The van der Waals surface area contributed by atoms with Crippen molar-refractivity contribution in [2.24, 2.45) is 0 Å². The molecule has 0 spiro atoms. The first-order valence-electron chi connectivity index (χ1n) is 6.25. The minimum Gasteiger partial charge on any atom is -0.394 e. The van der Waals surface area contributed by atoms with E-state index in [2.05, 4.69) is 4.74 Å². The van der Waals surface area contributed by atoms with Gasteiger partial charge in [0.2, 0.25) is 6.17 Å². The third kappa shape index (κ3) is 1.98. The SMILES string of the molecule is CCCC1(OC)C(F)(F)C(F)(F)C(F)C(F)[Si]1(OC)OC. The Hall–Kier alpha value is -0.323. The summed E-state index contributed by atoms with van der Waals surface area (Å²) in [6, 6.07) is 0. The molecule has 0 aromatic heterocycles.